The Bertz CT molecular complexity index is 550. The molecule has 120 valence electrons. The van der Waals surface area contributed by atoms with Crippen molar-refractivity contribution in [1.29, 1.82) is 0 Å². The summed E-state index contributed by atoms with van der Waals surface area (Å²) in [4.78, 5) is 24.9. The summed E-state index contributed by atoms with van der Waals surface area (Å²) >= 11 is 3.43. The van der Waals surface area contributed by atoms with Crippen LogP contribution in [0.2, 0.25) is 0 Å². The molecule has 2 N–H and O–H groups in total. The normalized spacial score (nSPS) is 19.5. The summed E-state index contributed by atoms with van der Waals surface area (Å²) in [5.74, 6) is -1.26. The first-order chi connectivity index (χ1) is 10.5. The smallest absolute Gasteiger partial charge is 0.317 e. The highest BCUT2D eigenvalue weighted by molar-refractivity contribution is 9.10. The van der Waals surface area contributed by atoms with Gasteiger partial charge in [-0.05, 0) is 43.9 Å². The molecular formula is C16H21BrN2O3. The number of hydrogen-bond acceptors (Lipinski definition) is 2. The molecule has 2 atom stereocenters. The number of amides is 2. The van der Waals surface area contributed by atoms with Crippen LogP contribution in [0.1, 0.15) is 25.3 Å². The first-order valence-corrected chi connectivity index (χ1v) is 8.27. The van der Waals surface area contributed by atoms with Gasteiger partial charge in [0.2, 0.25) is 0 Å². The Morgan fingerprint density at radius 3 is 2.95 bits per heavy atom. The molecule has 0 saturated carbocycles. The van der Waals surface area contributed by atoms with Crippen LogP contribution in [-0.2, 0) is 11.2 Å². The number of likely N-dealkylation sites (tertiary alicyclic amines) is 1. The van der Waals surface area contributed by atoms with Crippen molar-refractivity contribution in [3.63, 3.8) is 0 Å². The van der Waals surface area contributed by atoms with Crippen molar-refractivity contribution in [2.45, 2.75) is 32.2 Å². The van der Waals surface area contributed by atoms with Gasteiger partial charge in [-0.25, -0.2) is 4.79 Å². The van der Waals surface area contributed by atoms with E-state index in [0.717, 1.165) is 22.9 Å². The number of carbonyl (C=O) groups is 2. The van der Waals surface area contributed by atoms with Crippen molar-refractivity contribution < 1.29 is 14.7 Å². The van der Waals surface area contributed by atoms with Gasteiger partial charge in [0.05, 0.1) is 5.92 Å². The Morgan fingerprint density at radius 2 is 2.27 bits per heavy atom. The lowest BCUT2D eigenvalue weighted by atomic mass is 9.98. The highest BCUT2D eigenvalue weighted by atomic mass is 79.9. The zero-order chi connectivity index (χ0) is 16.1. The zero-order valence-corrected chi connectivity index (χ0v) is 14.2. The van der Waals surface area contributed by atoms with E-state index in [1.807, 2.05) is 31.2 Å². The van der Waals surface area contributed by atoms with Gasteiger partial charge in [-0.1, -0.05) is 28.1 Å². The van der Waals surface area contributed by atoms with Crippen molar-refractivity contribution in [2.75, 3.05) is 13.1 Å². The number of urea groups is 1. The summed E-state index contributed by atoms with van der Waals surface area (Å²) in [6.45, 7) is 2.88. The van der Waals surface area contributed by atoms with E-state index in [2.05, 4.69) is 21.2 Å². The van der Waals surface area contributed by atoms with Gasteiger partial charge in [0.15, 0.2) is 0 Å². The van der Waals surface area contributed by atoms with Gasteiger partial charge in [-0.2, -0.15) is 0 Å². The van der Waals surface area contributed by atoms with Crippen molar-refractivity contribution in [2.24, 2.45) is 5.92 Å². The summed E-state index contributed by atoms with van der Waals surface area (Å²) in [7, 11) is 0. The van der Waals surface area contributed by atoms with Crippen LogP contribution in [0.4, 0.5) is 4.79 Å². The minimum absolute atomic E-state index is 0.00740. The molecule has 22 heavy (non-hydrogen) atoms. The van der Waals surface area contributed by atoms with Crippen LogP contribution < -0.4 is 5.32 Å². The molecule has 2 amide bonds. The fourth-order valence-corrected chi connectivity index (χ4v) is 3.18. The van der Waals surface area contributed by atoms with Crippen LogP contribution in [0, 0.1) is 5.92 Å². The van der Waals surface area contributed by atoms with Crippen molar-refractivity contribution >= 4 is 27.9 Å². The second-order valence-electron chi connectivity index (χ2n) is 5.81. The summed E-state index contributed by atoms with van der Waals surface area (Å²) in [6, 6.07) is 7.81. The number of benzene rings is 1. The lowest BCUT2D eigenvalue weighted by Crippen LogP contribution is -2.49. The minimum atomic E-state index is -0.820. The number of carboxylic acids is 1. The molecule has 0 aliphatic carbocycles. The number of aliphatic carboxylic acids is 1. The molecule has 2 unspecified atom stereocenters. The maximum absolute atomic E-state index is 12.2. The molecule has 1 aliphatic rings. The average Bonchev–Trinajstić information content (AvgIpc) is 2.47. The van der Waals surface area contributed by atoms with Crippen molar-refractivity contribution in [3.05, 3.63) is 34.3 Å². The van der Waals surface area contributed by atoms with Gasteiger partial charge in [0.1, 0.15) is 0 Å². The molecule has 1 fully saturated rings. The molecule has 1 aliphatic heterocycles. The van der Waals surface area contributed by atoms with E-state index >= 15 is 0 Å². The fraction of sp³-hybridized carbons (Fsp3) is 0.500. The van der Waals surface area contributed by atoms with Gasteiger partial charge in [0, 0.05) is 23.6 Å². The monoisotopic (exact) mass is 368 g/mol. The number of nitrogens with one attached hydrogen (secondary N) is 1. The number of carboxylic acid groups (broad SMARTS) is 1. The van der Waals surface area contributed by atoms with Gasteiger partial charge >= 0.3 is 12.0 Å². The number of nitrogens with zero attached hydrogens (tertiary/aromatic N) is 1. The first kappa shape index (κ1) is 16.8. The third-order valence-electron chi connectivity index (χ3n) is 3.86. The predicted molar refractivity (Wildman–Crippen MR) is 87.8 cm³/mol. The number of rotatable bonds is 4. The molecule has 1 aromatic carbocycles. The highest BCUT2D eigenvalue weighted by Crippen LogP contribution is 2.17. The van der Waals surface area contributed by atoms with Crippen LogP contribution in [-0.4, -0.2) is 41.1 Å². The van der Waals surface area contributed by atoms with Crippen molar-refractivity contribution in [3.8, 4) is 0 Å². The van der Waals surface area contributed by atoms with Crippen LogP contribution in [0.25, 0.3) is 0 Å². The Hall–Kier alpha value is -1.56. The molecule has 6 heteroatoms. The fourth-order valence-electron chi connectivity index (χ4n) is 2.73. The van der Waals surface area contributed by atoms with E-state index in [1.54, 1.807) is 4.90 Å². The third-order valence-corrected chi connectivity index (χ3v) is 4.35. The van der Waals surface area contributed by atoms with Crippen molar-refractivity contribution in [1.82, 2.24) is 10.2 Å². The second kappa shape index (κ2) is 7.63. The molecule has 2 rings (SSSR count). The van der Waals surface area contributed by atoms with E-state index in [9.17, 15) is 9.59 Å². The Labute approximate surface area is 138 Å². The standard InChI is InChI=1S/C16H21BrN2O3/c1-11(8-12-4-2-6-14(17)9-12)18-16(22)19-7-3-5-13(10-19)15(20)21/h2,4,6,9,11,13H,3,5,7-8,10H2,1H3,(H,18,22)(H,20,21). The average molecular weight is 369 g/mol. The van der Waals surface area contributed by atoms with Crippen LogP contribution in [0.3, 0.4) is 0 Å². The highest BCUT2D eigenvalue weighted by Gasteiger charge is 2.28. The number of carbonyl (C=O) groups excluding carboxylic acids is 1. The Kier molecular flexibility index (Phi) is 5.83. The summed E-state index contributed by atoms with van der Waals surface area (Å²) in [6.07, 6.45) is 2.12. The Balaban J connectivity index is 1.86. The lowest BCUT2D eigenvalue weighted by molar-refractivity contribution is -0.143. The Morgan fingerprint density at radius 1 is 1.50 bits per heavy atom. The number of halogens is 1. The SMILES string of the molecule is CC(Cc1cccc(Br)c1)NC(=O)N1CCCC(C(=O)O)C1. The molecular weight excluding hydrogens is 348 g/mol. The van der Waals surface area contributed by atoms with E-state index in [1.165, 1.54) is 0 Å². The van der Waals surface area contributed by atoms with Crippen LogP contribution in [0.15, 0.2) is 28.7 Å². The summed E-state index contributed by atoms with van der Waals surface area (Å²) in [5, 5.41) is 12.0. The van der Waals surface area contributed by atoms with Crippen LogP contribution in [0.5, 0.6) is 0 Å². The maximum Gasteiger partial charge on any atom is 0.317 e. The molecule has 0 aromatic heterocycles. The quantitative estimate of drug-likeness (QED) is 0.858. The second-order valence-corrected chi connectivity index (χ2v) is 6.72. The molecule has 1 saturated heterocycles. The molecule has 0 radical (unpaired) electrons. The topological polar surface area (TPSA) is 69.6 Å². The largest absolute Gasteiger partial charge is 0.481 e. The lowest BCUT2D eigenvalue weighted by Gasteiger charge is -2.31. The van der Waals surface area contributed by atoms with Gasteiger partial charge in [0.25, 0.3) is 0 Å². The van der Waals surface area contributed by atoms with Gasteiger partial charge < -0.3 is 15.3 Å². The molecule has 5 nitrogen and oxygen atoms in total. The van der Waals surface area contributed by atoms with E-state index < -0.39 is 11.9 Å². The molecule has 1 aromatic rings. The summed E-state index contributed by atoms with van der Waals surface area (Å²) in [5.41, 5.74) is 1.14. The predicted octanol–water partition coefficient (Wildman–Crippen LogP) is 2.89. The molecule has 0 spiro atoms. The van der Waals surface area contributed by atoms with E-state index in [0.29, 0.717) is 19.5 Å². The molecule has 0 bridgehead atoms. The number of piperidine rings is 1. The van der Waals surface area contributed by atoms with Gasteiger partial charge in [-0.3, -0.25) is 4.79 Å². The first-order valence-electron chi connectivity index (χ1n) is 7.48. The molecule has 1 heterocycles. The minimum Gasteiger partial charge on any atom is -0.481 e. The van der Waals surface area contributed by atoms with E-state index in [-0.39, 0.29) is 12.1 Å². The maximum atomic E-state index is 12.2. The van der Waals surface area contributed by atoms with Crippen LogP contribution >= 0.6 is 15.9 Å². The number of hydrogen-bond donors (Lipinski definition) is 2. The summed E-state index contributed by atoms with van der Waals surface area (Å²) < 4.78 is 1.02. The zero-order valence-electron chi connectivity index (χ0n) is 12.6. The van der Waals surface area contributed by atoms with Gasteiger partial charge in [-0.15, -0.1) is 0 Å². The third kappa shape index (κ3) is 4.73. The van der Waals surface area contributed by atoms with E-state index in [4.69, 9.17) is 5.11 Å².